The molecule has 0 spiro atoms. The molecule has 1 rings (SSSR count). The maximum atomic E-state index is 11.8. The summed E-state index contributed by atoms with van der Waals surface area (Å²) in [5.41, 5.74) is 6.70. The number of hydrazine groups is 1. The molecule has 0 bridgehead atoms. The average molecular weight is 273 g/mol. The van der Waals surface area contributed by atoms with Crippen LogP contribution in [-0.2, 0) is 0 Å². The normalized spacial score (nSPS) is 10.2. The maximum absolute atomic E-state index is 11.8. The van der Waals surface area contributed by atoms with E-state index in [1.165, 1.54) is 0 Å². The first-order chi connectivity index (χ1) is 9.17. The van der Waals surface area contributed by atoms with Crippen molar-refractivity contribution in [1.82, 2.24) is 16.2 Å². The number of carbonyl (C=O) groups is 1. The second-order valence-corrected chi connectivity index (χ2v) is 3.87. The van der Waals surface area contributed by atoms with Gasteiger partial charge in [0.05, 0.1) is 5.70 Å². The van der Waals surface area contributed by atoms with E-state index in [4.69, 9.17) is 12.2 Å². The minimum Gasteiger partial charge on any atom is -0.299 e. The van der Waals surface area contributed by atoms with Crippen molar-refractivity contribution in [3.05, 3.63) is 73.0 Å². The number of amides is 1. The van der Waals surface area contributed by atoms with Gasteiger partial charge in [-0.25, -0.2) is 0 Å². The third-order valence-corrected chi connectivity index (χ3v) is 2.30. The fourth-order valence-corrected chi connectivity index (χ4v) is 1.36. The molecule has 0 unspecified atom stereocenters. The minimum atomic E-state index is -0.271. The largest absolute Gasteiger partial charge is 0.299 e. The Hall–Kier alpha value is -2.40. The summed E-state index contributed by atoms with van der Waals surface area (Å²) >= 11 is 4.99. The van der Waals surface area contributed by atoms with E-state index in [1.54, 1.807) is 42.5 Å². The standard InChI is InChI=1S/C14H15N3OS/c1-3-8-12(4-2)16-17-14(19)15-13(18)11-9-6-5-7-10-11/h3-10,16H,1-2H2,(H2,15,17,18,19)/b12-8+. The number of hydrogen-bond donors (Lipinski definition) is 3. The molecule has 19 heavy (non-hydrogen) atoms. The van der Waals surface area contributed by atoms with Gasteiger partial charge in [-0.05, 0) is 36.5 Å². The zero-order valence-corrected chi connectivity index (χ0v) is 11.2. The molecule has 1 amide bonds. The van der Waals surface area contributed by atoms with Crippen LogP contribution < -0.4 is 16.2 Å². The number of allylic oxidation sites excluding steroid dienone is 3. The van der Waals surface area contributed by atoms with Crippen LogP contribution in [0, 0.1) is 0 Å². The first kappa shape index (κ1) is 14.7. The summed E-state index contributed by atoms with van der Waals surface area (Å²) in [6.07, 6.45) is 4.91. The van der Waals surface area contributed by atoms with Crippen molar-refractivity contribution in [2.75, 3.05) is 0 Å². The van der Waals surface area contributed by atoms with Crippen LogP contribution in [0.2, 0.25) is 0 Å². The van der Waals surface area contributed by atoms with Crippen molar-refractivity contribution < 1.29 is 4.79 Å². The van der Waals surface area contributed by atoms with Gasteiger partial charge in [0, 0.05) is 5.56 Å². The quantitative estimate of drug-likeness (QED) is 0.437. The summed E-state index contributed by atoms with van der Waals surface area (Å²) in [6.45, 7) is 7.19. The van der Waals surface area contributed by atoms with Crippen LogP contribution in [0.15, 0.2) is 67.4 Å². The van der Waals surface area contributed by atoms with Crippen molar-refractivity contribution in [3.8, 4) is 0 Å². The van der Waals surface area contributed by atoms with Crippen molar-refractivity contribution >= 4 is 23.2 Å². The van der Waals surface area contributed by atoms with Gasteiger partial charge in [0.2, 0.25) is 0 Å². The molecule has 0 fully saturated rings. The number of nitrogens with one attached hydrogen (secondary N) is 3. The van der Waals surface area contributed by atoms with E-state index < -0.39 is 0 Å². The summed E-state index contributed by atoms with van der Waals surface area (Å²) < 4.78 is 0. The van der Waals surface area contributed by atoms with E-state index in [2.05, 4.69) is 29.3 Å². The number of benzene rings is 1. The van der Waals surface area contributed by atoms with Crippen LogP contribution in [-0.4, -0.2) is 11.0 Å². The molecular weight excluding hydrogens is 258 g/mol. The lowest BCUT2D eigenvalue weighted by atomic mass is 10.2. The van der Waals surface area contributed by atoms with Crippen molar-refractivity contribution in [2.24, 2.45) is 0 Å². The molecule has 1 aromatic rings. The molecule has 0 aliphatic rings. The third kappa shape index (κ3) is 5.18. The predicted octanol–water partition coefficient (Wildman–Crippen LogP) is 2.05. The fraction of sp³-hybridized carbons (Fsp3) is 0. The molecule has 0 aromatic heterocycles. The topological polar surface area (TPSA) is 53.2 Å². The summed E-state index contributed by atoms with van der Waals surface area (Å²) in [5, 5.41) is 2.72. The first-order valence-corrected chi connectivity index (χ1v) is 5.95. The molecule has 0 aliphatic carbocycles. The molecule has 0 saturated carbocycles. The minimum absolute atomic E-state index is 0.172. The van der Waals surface area contributed by atoms with E-state index in [9.17, 15) is 4.79 Å². The Balaban J connectivity index is 2.48. The Labute approximate surface area is 117 Å². The van der Waals surface area contributed by atoms with Crippen molar-refractivity contribution in [1.29, 1.82) is 0 Å². The zero-order chi connectivity index (χ0) is 14.1. The fourth-order valence-electron chi connectivity index (χ4n) is 1.21. The SMILES string of the molecule is C=C/C=C(\C=C)NNC(=S)NC(=O)c1ccccc1. The van der Waals surface area contributed by atoms with Crippen LogP contribution >= 0.6 is 12.2 Å². The second kappa shape index (κ2) is 7.84. The predicted molar refractivity (Wildman–Crippen MR) is 81.3 cm³/mol. The highest BCUT2D eigenvalue weighted by atomic mass is 32.1. The Bertz CT molecular complexity index is 509. The van der Waals surface area contributed by atoms with Crippen LogP contribution in [0.5, 0.6) is 0 Å². The first-order valence-electron chi connectivity index (χ1n) is 5.55. The van der Waals surface area contributed by atoms with Crippen LogP contribution in [0.3, 0.4) is 0 Å². The van der Waals surface area contributed by atoms with Gasteiger partial charge in [-0.1, -0.05) is 37.4 Å². The lowest BCUT2D eigenvalue weighted by Crippen LogP contribution is -2.45. The van der Waals surface area contributed by atoms with Crippen LogP contribution in [0.4, 0.5) is 0 Å². The number of rotatable bonds is 5. The molecule has 0 heterocycles. The summed E-state index contributed by atoms with van der Waals surface area (Å²) in [7, 11) is 0. The van der Waals surface area contributed by atoms with Gasteiger partial charge in [0.25, 0.3) is 5.91 Å². The Morgan fingerprint density at radius 1 is 1.16 bits per heavy atom. The Morgan fingerprint density at radius 3 is 2.42 bits per heavy atom. The maximum Gasteiger partial charge on any atom is 0.257 e. The van der Waals surface area contributed by atoms with E-state index in [0.717, 1.165) is 0 Å². The number of hydrogen-bond acceptors (Lipinski definition) is 3. The average Bonchev–Trinajstić information content (AvgIpc) is 2.44. The van der Waals surface area contributed by atoms with Crippen LogP contribution in [0.1, 0.15) is 10.4 Å². The molecule has 0 saturated heterocycles. The molecule has 0 atom stereocenters. The molecule has 1 aromatic carbocycles. The Kier molecular flexibility index (Phi) is 6.05. The highest BCUT2D eigenvalue weighted by molar-refractivity contribution is 7.80. The second-order valence-electron chi connectivity index (χ2n) is 3.46. The van der Waals surface area contributed by atoms with Gasteiger partial charge in [-0.15, -0.1) is 0 Å². The lowest BCUT2D eigenvalue weighted by molar-refractivity contribution is 0.0976. The zero-order valence-electron chi connectivity index (χ0n) is 10.3. The molecule has 5 heteroatoms. The third-order valence-electron chi connectivity index (χ3n) is 2.10. The van der Waals surface area contributed by atoms with Gasteiger partial charge in [-0.3, -0.25) is 21.0 Å². The van der Waals surface area contributed by atoms with Gasteiger partial charge in [0.1, 0.15) is 0 Å². The van der Waals surface area contributed by atoms with E-state index in [-0.39, 0.29) is 11.0 Å². The summed E-state index contributed by atoms with van der Waals surface area (Å²) in [5.74, 6) is -0.271. The smallest absolute Gasteiger partial charge is 0.257 e. The van der Waals surface area contributed by atoms with Gasteiger partial charge >= 0.3 is 0 Å². The summed E-state index contributed by atoms with van der Waals surface area (Å²) in [6, 6.07) is 8.82. The van der Waals surface area contributed by atoms with E-state index in [0.29, 0.717) is 11.3 Å². The molecule has 3 N–H and O–H groups in total. The highest BCUT2D eigenvalue weighted by Crippen LogP contribution is 1.97. The number of carbonyl (C=O) groups excluding carboxylic acids is 1. The van der Waals surface area contributed by atoms with Gasteiger partial charge in [0.15, 0.2) is 5.11 Å². The monoisotopic (exact) mass is 273 g/mol. The van der Waals surface area contributed by atoms with E-state index in [1.807, 2.05) is 6.07 Å². The molecule has 4 nitrogen and oxygen atoms in total. The Morgan fingerprint density at radius 2 is 1.84 bits per heavy atom. The van der Waals surface area contributed by atoms with Gasteiger partial charge < -0.3 is 0 Å². The van der Waals surface area contributed by atoms with Crippen LogP contribution in [0.25, 0.3) is 0 Å². The molecular formula is C14H15N3OS. The van der Waals surface area contributed by atoms with Gasteiger partial charge in [-0.2, -0.15) is 0 Å². The van der Waals surface area contributed by atoms with Crippen molar-refractivity contribution in [3.63, 3.8) is 0 Å². The molecule has 0 aliphatic heterocycles. The lowest BCUT2D eigenvalue weighted by Gasteiger charge is -2.11. The van der Waals surface area contributed by atoms with Crippen molar-refractivity contribution in [2.45, 2.75) is 0 Å². The molecule has 98 valence electrons. The highest BCUT2D eigenvalue weighted by Gasteiger charge is 2.06. The molecule has 0 radical (unpaired) electrons. The summed E-state index contributed by atoms with van der Waals surface area (Å²) in [4.78, 5) is 11.8. The number of thiocarbonyl (C=S) groups is 1. The van der Waals surface area contributed by atoms with E-state index >= 15 is 0 Å².